The highest BCUT2D eigenvalue weighted by Gasteiger charge is 2.15. The molecule has 0 amide bonds. The minimum atomic E-state index is -0.446. The van der Waals surface area contributed by atoms with Crippen molar-refractivity contribution in [2.45, 2.75) is 33.0 Å². The molecule has 3 aromatic rings. The molecule has 154 valence electrons. The lowest BCUT2D eigenvalue weighted by atomic mass is 10.2. The largest absolute Gasteiger partial charge is 0.493 e. The fraction of sp³-hybridized carbons (Fsp3) is 0.316. The van der Waals surface area contributed by atoms with Crippen LogP contribution >= 0.6 is 23.2 Å². The average molecular weight is 440 g/mol. The van der Waals surface area contributed by atoms with Crippen molar-refractivity contribution in [3.63, 3.8) is 0 Å². The van der Waals surface area contributed by atoms with Gasteiger partial charge in [-0.3, -0.25) is 0 Å². The number of ether oxygens (including phenoxy) is 2. The Labute approximate surface area is 177 Å². The Kier molecular flexibility index (Phi) is 7.11. The third-order valence-electron chi connectivity index (χ3n) is 4.13. The van der Waals surface area contributed by atoms with Gasteiger partial charge < -0.3 is 14.8 Å². The SMILES string of the molecule is CCCn1nnnc1NCc1cc(Cl)c(OCc2c(F)cccc2Cl)c(OC)c1. The number of methoxy groups -OCH3 is 1. The zero-order chi connectivity index (χ0) is 20.8. The van der Waals surface area contributed by atoms with Gasteiger partial charge in [0.1, 0.15) is 12.4 Å². The molecule has 1 aromatic heterocycles. The Balaban J connectivity index is 1.74. The summed E-state index contributed by atoms with van der Waals surface area (Å²) in [5, 5.41) is 15.4. The smallest absolute Gasteiger partial charge is 0.243 e. The lowest BCUT2D eigenvalue weighted by Crippen LogP contribution is -2.09. The van der Waals surface area contributed by atoms with Crippen LogP contribution in [0.25, 0.3) is 0 Å². The van der Waals surface area contributed by atoms with E-state index in [2.05, 4.69) is 20.8 Å². The highest BCUT2D eigenvalue weighted by molar-refractivity contribution is 6.32. The molecule has 0 aliphatic rings. The number of nitrogens with zero attached hydrogens (tertiary/aromatic N) is 4. The normalized spacial score (nSPS) is 10.8. The third-order valence-corrected chi connectivity index (χ3v) is 4.76. The summed E-state index contributed by atoms with van der Waals surface area (Å²) in [5.41, 5.74) is 1.09. The fourth-order valence-corrected chi connectivity index (χ4v) is 3.21. The van der Waals surface area contributed by atoms with E-state index in [1.54, 1.807) is 22.9 Å². The summed E-state index contributed by atoms with van der Waals surface area (Å²) in [4.78, 5) is 0. The van der Waals surface area contributed by atoms with Crippen LogP contribution < -0.4 is 14.8 Å². The lowest BCUT2D eigenvalue weighted by Gasteiger charge is -2.15. The van der Waals surface area contributed by atoms with E-state index < -0.39 is 5.82 Å². The fourth-order valence-electron chi connectivity index (χ4n) is 2.70. The van der Waals surface area contributed by atoms with E-state index >= 15 is 0 Å². The van der Waals surface area contributed by atoms with Gasteiger partial charge in [-0.1, -0.05) is 41.3 Å². The van der Waals surface area contributed by atoms with Crippen molar-refractivity contribution in [1.29, 1.82) is 0 Å². The first kappa shape index (κ1) is 21.1. The predicted octanol–water partition coefficient (Wildman–Crippen LogP) is 4.73. The number of nitrogens with one attached hydrogen (secondary N) is 1. The molecule has 0 spiro atoms. The number of hydrogen-bond acceptors (Lipinski definition) is 6. The van der Waals surface area contributed by atoms with Gasteiger partial charge in [-0.2, -0.15) is 0 Å². The van der Waals surface area contributed by atoms with Crippen LogP contribution in [0.5, 0.6) is 11.5 Å². The second-order valence-electron chi connectivity index (χ2n) is 6.18. The number of aromatic nitrogens is 4. The quantitative estimate of drug-likeness (QED) is 0.519. The number of hydrogen-bond donors (Lipinski definition) is 1. The Morgan fingerprint density at radius 3 is 2.76 bits per heavy atom. The molecule has 1 N–H and O–H groups in total. The summed E-state index contributed by atoms with van der Waals surface area (Å²) in [6, 6.07) is 7.98. The minimum Gasteiger partial charge on any atom is -0.493 e. The third kappa shape index (κ3) is 5.07. The Morgan fingerprint density at radius 2 is 2.03 bits per heavy atom. The van der Waals surface area contributed by atoms with Crippen LogP contribution in [0.1, 0.15) is 24.5 Å². The average Bonchev–Trinajstić information content (AvgIpc) is 3.14. The molecule has 10 heteroatoms. The van der Waals surface area contributed by atoms with Crippen molar-refractivity contribution >= 4 is 29.2 Å². The van der Waals surface area contributed by atoms with E-state index in [-0.39, 0.29) is 17.2 Å². The van der Waals surface area contributed by atoms with Crippen LogP contribution in [0, 0.1) is 5.82 Å². The molecule has 0 radical (unpaired) electrons. The van der Waals surface area contributed by atoms with E-state index in [0.717, 1.165) is 12.0 Å². The van der Waals surface area contributed by atoms with Crippen LogP contribution in [-0.4, -0.2) is 27.3 Å². The van der Waals surface area contributed by atoms with Crippen molar-refractivity contribution in [2.24, 2.45) is 0 Å². The number of rotatable bonds is 9. The minimum absolute atomic E-state index is 0.0784. The van der Waals surface area contributed by atoms with Crippen LogP contribution in [0.15, 0.2) is 30.3 Å². The zero-order valence-electron chi connectivity index (χ0n) is 16.0. The van der Waals surface area contributed by atoms with Gasteiger partial charge in [-0.15, -0.1) is 0 Å². The van der Waals surface area contributed by atoms with Gasteiger partial charge in [-0.25, -0.2) is 9.07 Å². The van der Waals surface area contributed by atoms with Crippen molar-refractivity contribution in [3.05, 3.63) is 57.3 Å². The molecule has 0 aliphatic heterocycles. The van der Waals surface area contributed by atoms with Gasteiger partial charge in [0.25, 0.3) is 0 Å². The molecule has 3 rings (SSSR count). The molecular formula is C19H20Cl2FN5O2. The van der Waals surface area contributed by atoms with Gasteiger partial charge in [0.15, 0.2) is 11.5 Å². The topological polar surface area (TPSA) is 74.1 Å². The summed E-state index contributed by atoms with van der Waals surface area (Å²) >= 11 is 12.4. The number of aryl methyl sites for hydroxylation is 1. The van der Waals surface area contributed by atoms with E-state index in [4.69, 9.17) is 32.7 Å². The van der Waals surface area contributed by atoms with Gasteiger partial charge in [0, 0.05) is 18.7 Å². The maximum absolute atomic E-state index is 14.0. The number of halogens is 3. The summed E-state index contributed by atoms with van der Waals surface area (Å²) < 4.78 is 26.8. The molecule has 0 aliphatic carbocycles. The maximum Gasteiger partial charge on any atom is 0.243 e. The van der Waals surface area contributed by atoms with Crippen LogP contribution in [0.4, 0.5) is 10.3 Å². The Bertz CT molecular complexity index is 963. The monoisotopic (exact) mass is 439 g/mol. The summed E-state index contributed by atoms with van der Waals surface area (Å²) in [6.07, 6.45) is 0.914. The molecule has 0 saturated carbocycles. The van der Waals surface area contributed by atoms with E-state index in [1.807, 2.05) is 6.92 Å². The summed E-state index contributed by atoms with van der Waals surface area (Å²) in [7, 11) is 1.51. The van der Waals surface area contributed by atoms with Gasteiger partial charge in [0.2, 0.25) is 5.95 Å². The predicted molar refractivity (Wildman–Crippen MR) is 109 cm³/mol. The Hall–Kier alpha value is -2.58. The summed E-state index contributed by atoms with van der Waals surface area (Å²) in [5.74, 6) is 0.859. The number of anilines is 1. The zero-order valence-corrected chi connectivity index (χ0v) is 17.5. The molecule has 1 heterocycles. The van der Waals surface area contributed by atoms with E-state index in [0.29, 0.717) is 35.6 Å². The van der Waals surface area contributed by atoms with Crippen molar-refractivity contribution in [1.82, 2.24) is 20.2 Å². The van der Waals surface area contributed by atoms with Crippen molar-refractivity contribution in [2.75, 3.05) is 12.4 Å². The Morgan fingerprint density at radius 1 is 1.21 bits per heavy atom. The van der Waals surface area contributed by atoms with Crippen molar-refractivity contribution < 1.29 is 13.9 Å². The number of benzene rings is 2. The van der Waals surface area contributed by atoms with Crippen LogP contribution in [0.3, 0.4) is 0 Å². The van der Waals surface area contributed by atoms with Gasteiger partial charge >= 0.3 is 0 Å². The summed E-state index contributed by atoms with van der Waals surface area (Å²) in [6.45, 7) is 3.11. The second kappa shape index (κ2) is 9.76. The molecule has 7 nitrogen and oxygen atoms in total. The van der Waals surface area contributed by atoms with E-state index in [9.17, 15) is 4.39 Å². The molecule has 0 fully saturated rings. The highest BCUT2D eigenvalue weighted by Crippen LogP contribution is 2.37. The number of tetrazole rings is 1. The first-order chi connectivity index (χ1) is 14.0. The van der Waals surface area contributed by atoms with Gasteiger partial charge in [0.05, 0.1) is 17.2 Å². The second-order valence-corrected chi connectivity index (χ2v) is 6.99. The molecule has 0 saturated heterocycles. The maximum atomic E-state index is 14.0. The lowest BCUT2D eigenvalue weighted by molar-refractivity contribution is 0.280. The molecule has 0 unspecified atom stereocenters. The first-order valence-corrected chi connectivity index (χ1v) is 9.71. The van der Waals surface area contributed by atoms with Gasteiger partial charge in [-0.05, 0) is 46.7 Å². The first-order valence-electron chi connectivity index (χ1n) is 8.95. The standard InChI is InChI=1S/C19H20Cl2FN5O2/c1-3-7-27-19(24-25-26-27)23-10-12-8-15(21)18(17(9-12)28-2)29-11-13-14(20)5-4-6-16(13)22/h4-6,8-9H,3,7,10-11H2,1-2H3,(H,23,24,26). The molecule has 0 atom stereocenters. The molecule has 2 aromatic carbocycles. The van der Waals surface area contributed by atoms with E-state index in [1.165, 1.54) is 19.2 Å². The highest BCUT2D eigenvalue weighted by atomic mass is 35.5. The molecule has 0 bridgehead atoms. The van der Waals surface area contributed by atoms with Crippen molar-refractivity contribution in [3.8, 4) is 11.5 Å². The van der Waals surface area contributed by atoms with Crippen LogP contribution in [-0.2, 0) is 19.7 Å². The molecule has 29 heavy (non-hydrogen) atoms. The molecular weight excluding hydrogens is 420 g/mol. The van der Waals surface area contributed by atoms with Crippen LogP contribution in [0.2, 0.25) is 10.0 Å².